The normalized spacial score (nSPS) is 17.9. The lowest BCUT2D eigenvalue weighted by atomic mass is 10.2. The summed E-state index contributed by atoms with van der Waals surface area (Å²) in [4.78, 5) is 16.4. The van der Waals surface area contributed by atoms with Gasteiger partial charge >= 0.3 is 0 Å². The average Bonchev–Trinajstić information content (AvgIpc) is 3.15. The van der Waals surface area contributed by atoms with Gasteiger partial charge in [-0.15, -0.1) is 11.3 Å². The minimum absolute atomic E-state index is 0.222. The highest BCUT2D eigenvalue weighted by molar-refractivity contribution is 7.09. The smallest absolute Gasteiger partial charge is 0.271 e. The maximum Gasteiger partial charge on any atom is 0.271 e. The first-order valence-corrected chi connectivity index (χ1v) is 7.82. The van der Waals surface area contributed by atoms with Gasteiger partial charge in [-0.05, 0) is 37.1 Å². The molecule has 2 aromatic rings. The maximum absolute atomic E-state index is 13.1. The largest absolute Gasteiger partial charge is 0.347 e. The number of benzene rings is 1. The van der Waals surface area contributed by atoms with E-state index in [1.54, 1.807) is 17.5 Å². The third-order valence-electron chi connectivity index (χ3n) is 3.46. The van der Waals surface area contributed by atoms with Crippen LogP contribution in [0.2, 0.25) is 0 Å². The summed E-state index contributed by atoms with van der Waals surface area (Å²) in [5, 5.41) is 8.86. The molecule has 4 nitrogen and oxygen atoms in total. The lowest BCUT2D eigenvalue weighted by Crippen LogP contribution is -2.23. The standard InChI is InChI=1S/C15H16FN3OS/c16-11-4-1-3-10(7-11)8-18-14(20)13-9-21-15(19-13)12-5-2-6-17-12/h1,3-4,7,9,12,17H,2,5-6,8H2,(H,18,20). The van der Waals surface area contributed by atoms with E-state index >= 15 is 0 Å². The molecule has 1 unspecified atom stereocenters. The number of thiazole rings is 1. The monoisotopic (exact) mass is 305 g/mol. The molecule has 6 heteroatoms. The molecule has 0 saturated carbocycles. The van der Waals surface area contributed by atoms with Crippen LogP contribution in [0.4, 0.5) is 4.39 Å². The second-order valence-electron chi connectivity index (χ2n) is 5.03. The van der Waals surface area contributed by atoms with Crippen LogP contribution in [0.3, 0.4) is 0 Å². The Bertz CT molecular complexity index is 637. The van der Waals surface area contributed by atoms with Crippen molar-refractivity contribution in [3.8, 4) is 0 Å². The number of amides is 1. The topological polar surface area (TPSA) is 54.0 Å². The lowest BCUT2D eigenvalue weighted by Gasteiger charge is -2.05. The average molecular weight is 305 g/mol. The fourth-order valence-electron chi connectivity index (χ4n) is 2.37. The predicted molar refractivity (Wildman–Crippen MR) is 79.7 cm³/mol. The van der Waals surface area contributed by atoms with Gasteiger partial charge in [0.1, 0.15) is 16.5 Å². The van der Waals surface area contributed by atoms with E-state index in [1.807, 2.05) is 0 Å². The number of carbonyl (C=O) groups is 1. The fourth-order valence-corrected chi connectivity index (χ4v) is 3.28. The van der Waals surface area contributed by atoms with Gasteiger partial charge in [-0.3, -0.25) is 4.79 Å². The molecule has 21 heavy (non-hydrogen) atoms. The van der Waals surface area contributed by atoms with Gasteiger partial charge in [0.15, 0.2) is 0 Å². The van der Waals surface area contributed by atoms with Crippen molar-refractivity contribution in [2.24, 2.45) is 0 Å². The van der Waals surface area contributed by atoms with Crippen molar-refractivity contribution in [1.29, 1.82) is 0 Å². The Morgan fingerprint density at radius 2 is 2.43 bits per heavy atom. The van der Waals surface area contributed by atoms with Crippen LogP contribution >= 0.6 is 11.3 Å². The first kappa shape index (κ1) is 14.2. The molecule has 1 atom stereocenters. The highest BCUT2D eigenvalue weighted by Crippen LogP contribution is 2.25. The zero-order valence-corrected chi connectivity index (χ0v) is 12.3. The molecule has 3 rings (SSSR count). The number of halogens is 1. The zero-order valence-electron chi connectivity index (χ0n) is 11.4. The Morgan fingerprint density at radius 1 is 1.52 bits per heavy atom. The molecular formula is C15H16FN3OS. The molecule has 1 aromatic heterocycles. The number of hydrogen-bond acceptors (Lipinski definition) is 4. The highest BCUT2D eigenvalue weighted by atomic mass is 32.1. The Morgan fingerprint density at radius 3 is 3.19 bits per heavy atom. The van der Waals surface area contributed by atoms with Crippen LogP contribution in [0.25, 0.3) is 0 Å². The third-order valence-corrected chi connectivity index (χ3v) is 4.41. The number of hydrogen-bond donors (Lipinski definition) is 2. The molecule has 1 saturated heterocycles. The summed E-state index contributed by atoms with van der Waals surface area (Å²) >= 11 is 1.50. The summed E-state index contributed by atoms with van der Waals surface area (Å²) in [6.45, 7) is 1.30. The van der Waals surface area contributed by atoms with E-state index in [2.05, 4.69) is 15.6 Å². The van der Waals surface area contributed by atoms with Gasteiger partial charge in [0.05, 0.1) is 6.04 Å². The molecule has 1 aliphatic heterocycles. The molecular weight excluding hydrogens is 289 g/mol. The quantitative estimate of drug-likeness (QED) is 0.913. The number of nitrogens with one attached hydrogen (secondary N) is 2. The van der Waals surface area contributed by atoms with Crippen molar-refractivity contribution in [2.75, 3.05) is 6.54 Å². The Labute approximate surface area is 126 Å². The SMILES string of the molecule is O=C(NCc1cccc(F)c1)c1csc(C2CCCN2)n1. The van der Waals surface area contributed by atoms with E-state index in [-0.39, 0.29) is 17.8 Å². The van der Waals surface area contributed by atoms with Crippen molar-refractivity contribution >= 4 is 17.2 Å². The first-order valence-electron chi connectivity index (χ1n) is 6.94. The van der Waals surface area contributed by atoms with Gasteiger partial charge in [-0.1, -0.05) is 12.1 Å². The van der Waals surface area contributed by atoms with Gasteiger partial charge in [0.2, 0.25) is 0 Å². The molecule has 1 aliphatic rings. The summed E-state index contributed by atoms with van der Waals surface area (Å²) in [5.41, 5.74) is 1.16. The number of carbonyl (C=O) groups excluding carboxylic acids is 1. The van der Waals surface area contributed by atoms with Crippen molar-refractivity contribution in [3.63, 3.8) is 0 Å². The number of aromatic nitrogens is 1. The number of rotatable bonds is 4. The second kappa shape index (κ2) is 6.32. The molecule has 0 bridgehead atoms. The Kier molecular flexibility index (Phi) is 4.26. The van der Waals surface area contributed by atoms with Crippen molar-refractivity contribution < 1.29 is 9.18 Å². The molecule has 1 amide bonds. The molecule has 2 N–H and O–H groups in total. The molecule has 1 fully saturated rings. The summed E-state index contributed by atoms with van der Waals surface area (Å²) in [6, 6.07) is 6.48. The van der Waals surface area contributed by atoms with E-state index < -0.39 is 0 Å². The molecule has 0 spiro atoms. The molecule has 1 aromatic carbocycles. The fraction of sp³-hybridized carbons (Fsp3) is 0.333. The van der Waals surface area contributed by atoms with Crippen LogP contribution in [-0.4, -0.2) is 17.4 Å². The van der Waals surface area contributed by atoms with Gasteiger partial charge in [-0.2, -0.15) is 0 Å². The highest BCUT2D eigenvalue weighted by Gasteiger charge is 2.20. The molecule has 110 valence electrons. The Hall–Kier alpha value is -1.79. The van der Waals surface area contributed by atoms with E-state index in [9.17, 15) is 9.18 Å². The van der Waals surface area contributed by atoms with Crippen molar-refractivity contribution in [1.82, 2.24) is 15.6 Å². The van der Waals surface area contributed by atoms with Crippen molar-refractivity contribution in [2.45, 2.75) is 25.4 Å². The van der Waals surface area contributed by atoms with Crippen LogP contribution in [0.15, 0.2) is 29.6 Å². The van der Waals surface area contributed by atoms with Crippen LogP contribution in [-0.2, 0) is 6.54 Å². The first-order chi connectivity index (χ1) is 10.2. The second-order valence-corrected chi connectivity index (χ2v) is 5.92. The molecule has 0 radical (unpaired) electrons. The van der Waals surface area contributed by atoms with E-state index in [1.165, 1.54) is 23.5 Å². The van der Waals surface area contributed by atoms with Gasteiger partial charge < -0.3 is 10.6 Å². The minimum atomic E-state index is -0.301. The van der Waals surface area contributed by atoms with Crippen LogP contribution < -0.4 is 10.6 Å². The summed E-state index contributed by atoms with van der Waals surface area (Å²) < 4.78 is 13.1. The van der Waals surface area contributed by atoms with Gasteiger partial charge in [-0.25, -0.2) is 9.37 Å². The lowest BCUT2D eigenvalue weighted by molar-refractivity contribution is 0.0946. The van der Waals surface area contributed by atoms with Crippen LogP contribution in [0.1, 0.15) is 39.9 Å². The zero-order chi connectivity index (χ0) is 14.7. The predicted octanol–water partition coefficient (Wildman–Crippen LogP) is 2.64. The van der Waals surface area contributed by atoms with E-state index in [0.29, 0.717) is 12.2 Å². The number of nitrogens with zero attached hydrogens (tertiary/aromatic N) is 1. The van der Waals surface area contributed by atoms with Crippen molar-refractivity contribution in [3.05, 3.63) is 51.7 Å². The molecule has 2 heterocycles. The van der Waals surface area contributed by atoms with Gasteiger partial charge in [0, 0.05) is 11.9 Å². The van der Waals surface area contributed by atoms with E-state index in [0.717, 1.165) is 30.0 Å². The summed E-state index contributed by atoms with van der Waals surface area (Å²) in [5.74, 6) is -0.523. The van der Waals surface area contributed by atoms with E-state index in [4.69, 9.17) is 0 Å². The summed E-state index contributed by atoms with van der Waals surface area (Å²) in [6.07, 6.45) is 2.21. The maximum atomic E-state index is 13.1. The Balaban J connectivity index is 1.60. The molecule has 0 aliphatic carbocycles. The third kappa shape index (κ3) is 3.46. The van der Waals surface area contributed by atoms with Crippen LogP contribution in [0, 0.1) is 5.82 Å². The minimum Gasteiger partial charge on any atom is -0.347 e. The van der Waals surface area contributed by atoms with Gasteiger partial charge in [0.25, 0.3) is 5.91 Å². The summed E-state index contributed by atoms with van der Waals surface area (Å²) in [7, 11) is 0. The van der Waals surface area contributed by atoms with Crippen LogP contribution in [0.5, 0.6) is 0 Å².